The third-order valence-electron chi connectivity index (χ3n) is 2.29. The summed E-state index contributed by atoms with van der Waals surface area (Å²) in [4.78, 5) is 22.6. The molecule has 1 aromatic rings. The van der Waals surface area contributed by atoms with Crippen molar-refractivity contribution in [2.24, 2.45) is 0 Å². The fourth-order valence-corrected chi connectivity index (χ4v) is 1.84. The maximum Gasteiger partial charge on any atom is 0.242 e. The maximum absolute atomic E-state index is 11.6. The van der Waals surface area contributed by atoms with Gasteiger partial charge in [-0.25, -0.2) is 0 Å². The van der Waals surface area contributed by atoms with E-state index < -0.39 is 6.04 Å². The molecular weight excluding hydrogens is 331 g/mol. The second-order valence-electron chi connectivity index (χ2n) is 3.70. The van der Waals surface area contributed by atoms with Crippen molar-refractivity contribution in [1.29, 1.82) is 0 Å². The molecule has 0 heterocycles. The summed E-state index contributed by atoms with van der Waals surface area (Å²) in [6, 6.07) is 7.35. The fourth-order valence-electron chi connectivity index (χ4n) is 1.49. The summed E-state index contributed by atoms with van der Waals surface area (Å²) in [5.41, 5.74) is 1.02. The SMILES string of the molecule is CNC(=O)C(Cc1ccc(I)cc1)NC(C)=O. The highest BCUT2D eigenvalue weighted by atomic mass is 127. The van der Waals surface area contributed by atoms with Gasteiger partial charge in [0, 0.05) is 24.0 Å². The third-order valence-corrected chi connectivity index (χ3v) is 3.01. The fraction of sp³-hybridized carbons (Fsp3) is 0.333. The number of rotatable bonds is 4. The number of carbonyl (C=O) groups excluding carboxylic acids is 2. The zero-order valence-electron chi connectivity index (χ0n) is 9.79. The van der Waals surface area contributed by atoms with Crippen molar-refractivity contribution in [2.75, 3.05) is 7.05 Å². The van der Waals surface area contributed by atoms with E-state index in [0.717, 1.165) is 9.13 Å². The summed E-state index contributed by atoms with van der Waals surface area (Å²) in [6.45, 7) is 1.41. The van der Waals surface area contributed by atoms with E-state index in [4.69, 9.17) is 0 Å². The van der Waals surface area contributed by atoms with Crippen molar-refractivity contribution in [1.82, 2.24) is 10.6 Å². The van der Waals surface area contributed by atoms with Crippen LogP contribution in [-0.4, -0.2) is 24.9 Å². The Hall–Kier alpha value is -1.11. The van der Waals surface area contributed by atoms with Crippen LogP contribution in [0.15, 0.2) is 24.3 Å². The highest BCUT2D eigenvalue weighted by molar-refractivity contribution is 14.1. The largest absolute Gasteiger partial charge is 0.357 e. The lowest BCUT2D eigenvalue weighted by atomic mass is 10.1. The Balaban J connectivity index is 2.75. The molecule has 1 aromatic carbocycles. The number of halogens is 1. The molecule has 0 saturated heterocycles. The van der Waals surface area contributed by atoms with Crippen LogP contribution in [0.4, 0.5) is 0 Å². The van der Waals surface area contributed by atoms with Crippen molar-refractivity contribution in [3.63, 3.8) is 0 Å². The van der Waals surface area contributed by atoms with Crippen LogP contribution < -0.4 is 10.6 Å². The topological polar surface area (TPSA) is 58.2 Å². The second kappa shape index (κ2) is 6.58. The number of nitrogens with one attached hydrogen (secondary N) is 2. The number of hydrogen-bond acceptors (Lipinski definition) is 2. The van der Waals surface area contributed by atoms with Gasteiger partial charge in [0.05, 0.1) is 0 Å². The molecule has 1 unspecified atom stereocenters. The number of hydrogen-bond donors (Lipinski definition) is 2. The van der Waals surface area contributed by atoms with E-state index in [9.17, 15) is 9.59 Å². The van der Waals surface area contributed by atoms with Gasteiger partial charge in [-0.2, -0.15) is 0 Å². The molecular formula is C12H15IN2O2. The molecule has 0 saturated carbocycles. The molecule has 92 valence electrons. The standard InChI is InChI=1S/C12H15IN2O2/c1-8(16)15-11(12(17)14-2)7-9-3-5-10(13)6-4-9/h3-6,11H,7H2,1-2H3,(H,14,17)(H,15,16). The van der Waals surface area contributed by atoms with E-state index in [2.05, 4.69) is 33.2 Å². The first-order chi connectivity index (χ1) is 8.02. The third kappa shape index (κ3) is 4.72. The van der Waals surface area contributed by atoms with E-state index in [1.54, 1.807) is 7.05 Å². The van der Waals surface area contributed by atoms with Crippen LogP contribution in [0.25, 0.3) is 0 Å². The molecule has 0 aliphatic carbocycles. The van der Waals surface area contributed by atoms with Gasteiger partial charge in [0.25, 0.3) is 0 Å². The minimum atomic E-state index is -0.516. The molecule has 2 amide bonds. The average Bonchev–Trinajstić information content (AvgIpc) is 2.29. The van der Waals surface area contributed by atoms with Gasteiger partial charge in [0.15, 0.2) is 0 Å². The van der Waals surface area contributed by atoms with Crippen LogP contribution in [-0.2, 0) is 16.0 Å². The van der Waals surface area contributed by atoms with Crippen molar-refractivity contribution >= 4 is 34.4 Å². The Morgan fingerprint density at radius 2 is 1.88 bits per heavy atom. The minimum absolute atomic E-state index is 0.182. The first kappa shape index (κ1) is 14.0. The van der Waals surface area contributed by atoms with Crippen LogP contribution in [0.5, 0.6) is 0 Å². The van der Waals surface area contributed by atoms with E-state index in [-0.39, 0.29) is 11.8 Å². The Labute approximate surface area is 114 Å². The van der Waals surface area contributed by atoms with Crippen molar-refractivity contribution in [3.8, 4) is 0 Å². The Morgan fingerprint density at radius 3 is 2.35 bits per heavy atom. The van der Waals surface area contributed by atoms with E-state index >= 15 is 0 Å². The van der Waals surface area contributed by atoms with Gasteiger partial charge in [-0.3, -0.25) is 9.59 Å². The Morgan fingerprint density at radius 1 is 1.29 bits per heavy atom. The average molecular weight is 346 g/mol. The summed E-state index contributed by atoms with van der Waals surface area (Å²) in [7, 11) is 1.56. The summed E-state index contributed by atoms with van der Waals surface area (Å²) in [6.07, 6.45) is 0.496. The van der Waals surface area contributed by atoms with Crippen molar-refractivity contribution in [2.45, 2.75) is 19.4 Å². The van der Waals surface area contributed by atoms with Crippen molar-refractivity contribution < 1.29 is 9.59 Å². The molecule has 5 heteroatoms. The van der Waals surface area contributed by atoms with E-state index in [0.29, 0.717) is 6.42 Å². The van der Waals surface area contributed by atoms with E-state index in [1.165, 1.54) is 6.92 Å². The quantitative estimate of drug-likeness (QED) is 0.802. The van der Waals surface area contributed by atoms with Gasteiger partial charge in [-0.15, -0.1) is 0 Å². The number of carbonyl (C=O) groups is 2. The van der Waals surface area contributed by atoms with E-state index in [1.807, 2.05) is 24.3 Å². The van der Waals surface area contributed by atoms with Gasteiger partial charge < -0.3 is 10.6 Å². The van der Waals surface area contributed by atoms with Crippen molar-refractivity contribution in [3.05, 3.63) is 33.4 Å². The summed E-state index contributed by atoms with van der Waals surface area (Å²) in [5, 5.41) is 5.19. The van der Waals surface area contributed by atoms with Gasteiger partial charge in [0.2, 0.25) is 11.8 Å². The zero-order chi connectivity index (χ0) is 12.8. The molecule has 17 heavy (non-hydrogen) atoms. The van der Waals surface area contributed by atoms with Crippen LogP contribution in [0.1, 0.15) is 12.5 Å². The smallest absolute Gasteiger partial charge is 0.242 e. The normalized spacial score (nSPS) is 11.7. The molecule has 2 N–H and O–H groups in total. The molecule has 1 rings (SSSR count). The van der Waals surface area contributed by atoms with Crippen LogP contribution >= 0.6 is 22.6 Å². The van der Waals surface area contributed by atoms with Crippen LogP contribution in [0.3, 0.4) is 0 Å². The van der Waals surface area contributed by atoms with Gasteiger partial charge in [0.1, 0.15) is 6.04 Å². The molecule has 0 aromatic heterocycles. The van der Waals surface area contributed by atoms with Crippen LogP contribution in [0, 0.1) is 3.57 Å². The molecule has 0 bridgehead atoms. The lowest BCUT2D eigenvalue weighted by Crippen LogP contribution is -2.46. The predicted molar refractivity (Wildman–Crippen MR) is 74.5 cm³/mol. The predicted octanol–water partition coefficient (Wildman–Crippen LogP) is 1.08. The monoisotopic (exact) mass is 346 g/mol. The number of amides is 2. The lowest BCUT2D eigenvalue weighted by Gasteiger charge is -2.16. The molecule has 1 atom stereocenters. The lowest BCUT2D eigenvalue weighted by molar-refractivity contribution is -0.127. The maximum atomic E-state index is 11.6. The zero-order valence-corrected chi connectivity index (χ0v) is 11.9. The first-order valence-corrected chi connectivity index (χ1v) is 6.34. The first-order valence-electron chi connectivity index (χ1n) is 5.26. The summed E-state index contributed by atoms with van der Waals surface area (Å²) < 4.78 is 1.14. The summed E-state index contributed by atoms with van der Waals surface area (Å²) in [5.74, 6) is -0.386. The molecule has 0 fully saturated rings. The summed E-state index contributed by atoms with van der Waals surface area (Å²) >= 11 is 2.22. The molecule has 0 aliphatic rings. The highest BCUT2D eigenvalue weighted by Gasteiger charge is 2.18. The number of benzene rings is 1. The van der Waals surface area contributed by atoms with Gasteiger partial charge in [-0.1, -0.05) is 12.1 Å². The Bertz CT molecular complexity index is 403. The van der Waals surface area contributed by atoms with Gasteiger partial charge in [-0.05, 0) is 40.3 Å². The number of likely N-dealkylation sites (N-methyl/N-ethyl adjacent to an activating group) is 1. The minimum Gasteiger partial charge on any atom is -0.357 e. The van der Waals surface area contributed by atoms with Gasteiger partial charge >= 0.3 is 0 Å². The molecule has 0 radical (unpaired) electrons. The highest BCUT2D eigenvalue weighted by Crippen LogP contribution is 2.09. The second-order valence-corrected chi connectivity index (χ2v) is 4.94. The molecule has 0 spiro atoms. The molecule has 0 aliphatic heterocycles. The van der Waals surface area contributed by atoms with Crippen LogP contribution in [0.2, 0.25) is 0 Å². The molecule has 4 nitrogen and oxygen atoms in total. The Kier molecular flexibility index (Phi) is 5.40.